The summed E-state index contributed by atoms with van der Waals surface area (Å²) in [7, 11) is 0. The number of benzene rings is 2. The Hall–Kier alpha value is -3.59. The van der Waals surface area contributed by atoms with E-state index in [-0.39, 0.29) is 31.1 Å². The topological polar surface area (TPSA) is 81.2 Å². The molecule has 0 bridgehead atoms. The number of likely N-dealkylation sites (tertiary alicyclic amines) is 1. The van der Waals surface area contributed by atoms with Gasteiger partial charge in [0.2, 0.25) is 6.79 Å². The van der Waals surface area contributed by atoms with Crippen molar-refractivity contribution in [2.45, 2.75) is 39.5 Å². The molecule has 2 aromatic carbocycles. The Morgan fingerprint density at radius 2 is 1.86 bits per heavy atom. The molecule has 1 saturated heterocycles. The molecule has 0 atom stereocenters. The Morgan fingerprint density at radius 3 is 2.62 bits per heavy atom. The maximum absolute atomic E-state index is 13.3. The van der Waals surface area contributed by atoms with E-state index in [1.54, 1.807) is 4.90 Å². The van der Waals surface area contributed by atoms with E-state index in [1.165, 1.54) is 16.9 Å². The third kappa shape index (κ3) is 5.41. The van der Waals surface area contributed by atoms with Gasteiger partial charge in [-0.25, -0.2) is 4.98 Å². The quantitative estimate of drug-likeness (QED) is 0.438. The second-order valence-electron chi connectivity index (χ2n) is 9.35. The van der Waals surface area contributed by atoms with Gasteiger partial charge in [-0.05, 0) is 69.0 Å². The number of aryl methyl sites for hydroxylation is 2. The molecule has 9 heteroatoms. The number of hydrogen-bond acceptors (Lipinski definition) is 7. The molecule has 37 heavy (non-hydrogen) atoms. The van der Waals surface area contributed by atoms with Crippen molar-refractivity contribution in [3.63, 3.8) is 0 Å². The molecule has 0 saturated carbocycles. The summed E-state index contributed by atoms with van der Waals surface area (Å²) in [5.41, 5.74) is 3.54. The monoisotopic (exact) mass is 521 g/mol. The number of aromatic nitrogens is 1. The first-order valence-electron chi connectivity index (χ1n) is 12.6. The van der Waals surface area contributed by atoms with Crippen molar-refractivity contribution in [1.82, 2.24) is 9.88 Å². The van der Waals surface area contributed by atoms with Gasteiger partial charge in [-0.15, -0.1) is 11.3 Å². The highest BCUT2D eigenvalue weighted by Crippen LogP contribution is 2.36. The fourth-order valence-corrected chi connectivity index (χ4v) is 5.59. The Morgan fingerprint density at radius 1 is 1.08 bits per heavy atom. The van der Waals surface area contributed by atoms with Gasteiger partial charge in [0.1, 0.15) is 11.4 Å². The molecule has 0 aliphatic carbocycles. The summed E-state index contributed by atoms with van der Waals surface area (Å²) in [6.07, 6.45) is 1.63. The van der Waals surface area contributed by atoms with E-state index in [1.807, 2.05) is 60.5 Å². The van der Waals surface area contributed by atoms with Gasteiger partial charge in [0.25, 0.3) is 11.8 Å². The second-order valence-corrected chi connectivity index (χ2v) is 10.2. The van der Waals surface area contributed by atoms with Crippen molar-refractivity contribution in [2.24, 2.45) is 0 Å². The van der Waals surface area contributed by atoms with E-state index >= 15 is 0 Å². The molecule has 8 nitrogen and oxygen atoms in total. The normalized spacial score (nSPS) is 15.1. The van der Waals surface area contributed by atoms with Crippen LogP contribution in [0, 0.1) is 13.8 Å². The van der Waals surface area contributed by atoms with E-state index in [9.17, 15) is 9.59 Å². The zero-order chi connectivity index (χ0) is 25.9. The molecule has 1 aromatic heterocycles. The van der Waals surface area contributed by atoms with Crippen LogP contribution in [0.4, 0.5) is 5.69 Å². The van der Waals surface area contributed by atoms with E-state index in [0.29, 0.717) is 42.6 Å². The highest BCUT2D eigenvalue weighted by molar-refractivity contribution is 7.10. The van der Waals surface area contributed by atoms with Crippen molar-refractivity contribution in [3.8, 4) is 17.2 Å². The maximum Gasteiger partial charge on any atom is 0.277 e. The maximum atomic E-state index is 13.3. The summed E-state index contributed by atoms with van der Waals surface area (Å²) < 4.78 is 16.6. The number of anilines is 1. The zero-order valence-electron chi connectivity index (χ0n) is 21.4. The Labute approximate surface area is 220 Å². The van der Waals surface area contributed by atoms with Crippen LogP contribution < -0.4 is 19.1 Å². The fourth-order valence-electron chi connectivity index (χ4n) is 4.62. The molecule has 3 aromatic rings. The lowest BCUT2D eigenvalue weighted by Gasteiger charge is -2.31. The minimum atomic E-state index is -0.139. The van der Waals surface area contributed by atoms with Crippen LogP contribution in [-0.2, 0) is 4.79 Å². The number of thiazole rings is 1. The smallest absolute Gasteiger partial charge is 0.277 e. The number of carbonyl (C=O) groups excluding carboxylic acids is 2. The highest BCUT2D eigenvalue weighted by Gasteiger charge is 2.28. The number of carbonyl (C=O) groups is 2. The Bertz CT molecular complexity index is 1300. The summed E-state index contributed by atoms with van der Waals surface area (Å²) in [5.74, 6) is 2.13. The SMILES string of the molecule is CCN(C(=O)c1csc(C2CCN(C(=O)COc3ccc(C)c(C)c3)CC2)n1)c1ccc2c(c1)OCO2. The van der Waals surface area contributed by atoms with Crippen LogP contribution in [-0.4, -0.2) is 54.7 Å². The minimum absolute atomic E-state index is 0.00556. The molecular formula is C28H31N3O5S. The van der Waals surface area contributed by atoms with Crippen molar-refractivity contribution in [2.75, 3.05) is 37.9 Å². The van der Waals surface area contributed by atoms with Gasteiger partial charge in [0.15, 0.2) is 18.1 Å². The molecule has 2 amide bonds. The molecule has 5 rings (SSSR count). The second kappa shape index (κ2) is 10.8. The van der Waals surface area contributed by atoms with E-state index in [0.717, 1.165) is 29.1 Å². The number of fused-ring (bicyclic) bond motifs is 1. The van der Waals surface area contributed by atoms with Crippen LogP contribution in [0.5, 0.6) is 17.2 Å². The third-order valence-corrected chi connectivity index (χ3v) is 8.02. The number of rotatable bonds is 7. The minimum Gasteiger partial charge on any atom is -0.484 e. The lowest BCUT2D eigenvalue weighted by molar-refractivity contribution is -0.134. The first kappa shape index (κ1) is 25.1. The van der Waals surface area contributed by atoms with Crippen molar-refractivity contribution < 1.29 is 23.8 Å². The Kier molecular flexibility index (Phi) is 7.32. The molecule has 194 valence electrons. The van der Waals surface area contributed by atoms with Gasteiger partial charge in [0.05, 0.1) is 5.01 Å². The van der Waals surface area contributed by atoms with Crippen LogP contribution in [0.25, 0.3) is 0 Å². The molecule has 2 aliphatic heterocycles. The largest absolute Gasteiger partial charge is 0.484 e. The number of amides is 2. The molecule has 0 unspecified atom stereocenters. The molecule has 3 heterocycles. The summed E-state index contributed by atoms with van der Waals surface area (Å²) in [6, 6.07) is 11.4. The Balaban J connectivity index is 1.16. The first-order chi connectivity index (χ1) is 17.9. The van der Waals surface area contributed by atoms with Gasteiger partial charge >= 0.3 is 0 Å². The molecule has 0 N–H and O–H groups in total. The standard InChI is InChI=1S/C28H31N3O5S/c1-4-31(21-6-8-24-25(14-21)36-17-35-24)28(33)23-16-37-27(29-23)20-9-11-30(12-10-20)26(32)15-34-22-7-5-18(2)19(3)13-22/h5-8,13-14,16,20H,4,9-12,15,17H2,1-3H3. The average Bonchev–Trinajstić information content (AvgIpc) is 3.59. The predicted molar refractivity (Wildman–Crippen MR) is 142 cm³/mol. The number of ether oxygens (including phenoxy) is 3. The average molecular weight is 522 g/mol. The highest BCUT2D eigenvalue weighted by atomic mass is 32.1. The van der Waals surface area contributed by atoms with Crippen molar-refractivity contribution in [1.29, 1.82) is 0 Å². The third-order valence-electron chi connectivity index (χ3n) is 7.01. The number of hydrogen-bond donors (Lipinski definition) is 0. The van der Waals surface area contributed by atoms with Gasteiger partial charge in [-0.2, -0.15) is 0 Å². The van der Waals surface area contributed by atoms with E-state index < -0.39 is 0 Å². The lowest BCUT2D eigenvalue weighted by Crippen LogP contribution is -2.40. The van der Waals surface area contributed by atoms with Crippen LogP contribution >= 0.6 is 11.3 Å². The van der Waals surface area contributed by atoms with Gasteiger partial charge in [-0.3, -0.25) is 9.59 Å². The van der Waals surface area contributed by atoms with Crippen molar-refractivity contribution in [3.05, 3.63) is 63.6 Å². The number of piperidine rings is 1. The fraction of sp³-hybridized carbons (Fsp3) is 0.393. The predicted octanol–water partition coefficient (Wildman–Crippen LogP) is 4.94. The molecule has 0 radical (unpaired) electrons. The van der Waals surface area contributed by atoms with Crippen molar-refractivity contribution >= 4 is 28.8 Å². The van der Waals surface area contributed by atoms with Crippen LogP contribution in [0.2, 0.25) is 0 Å². The molecule has 2 aliphatic rings. The number of nitrogens with zero attached hydrogens (tertiary/aromatic N) is 3. The van der Waals surface area contributed by atoms with Gasteiger partial charge in [0, 0.05) is 42.7 Å². The summed E-state index contributed by atoms with van der Waals surface area (Å²) >= 11 is 1.52. The van der Waals surface area contributed by atoms with E-state index in [2.05, 4.69) is 6.92 Å². The summed E-state index contributed by atoms with van der Waals surface area (Å²) in [6.45, 7) is 8.07. The van der Waals surface area contributed by atoms with Gasteiger partial charge < -0.3 is 24.0 Å². The zero-order valence-corrected chi connectivity index (χ0v) is 22.2. The van der Waals surface area contributed by atoms with Gasteiger partial charge in [-0.1, -0.05) is 6.07 Å². The lowest BCUT2D eigenvalue weighted by atomic mass is 9.97. The van der Waals surface area contributed by atoms with Crippen LogP contribution in [0.3, 0.4) is 0 Å². The molecule has 1 fully saturated rings. The van der Waals surface area contributed by atoms with Crippen LogP contribution in [0.15, 0.2) is 41.8 Å². The van der Waals surface area contributed by atoms with E-state index in [4.69, 9.17) is 19.2 Å². The molecular weight excluding hydrogens is 490 g/mol. The van der Waals surface area contributed by atoms with Crippen LogP contribution in [0.1, 0.15) is 52.3 Å². The summed E-state index contributed by atoms with van der Waals surface area (Å²) in [4.78, 5) is 34.2. The molecule has 0 spiro atoms. The first-order valence-corrected chi connectivity index (χ1v) is 13.5. The summed E-state index contributed by atoms with van der Waals surface area (Å²) in [5, 5.41) is 2.78.